The third-order valence-electron chi connectivity index (χ3n) is 3.09. The molecule has 3 nitrogen and oxygen atoms in total. The number of alkyl halides is 3. The third kappa shape index (κ3) is 5.97. The molecule has 116 valence electrons. The lowest BCUT2D eigenvalue weighted by Gasteiger charge is -2.14. The Bertz CT molecular complexity index is 486. The van der Waals surface area contributed by atoms with Crippen molar-refractivity contribution in [2.45, 2.75) is 48.8 Å². The molecule has 1 amide bonds. The van der Waals surface area contributed by atoms with Crippen LogP contribution in [0, 0.1) is 0 Å². The Morgan fingerprint density at radius 1 is 1.33 bits per heavy atom. The van der Waals surface area contributed by atoms with E-state index in [4.69, 9.17) is 0 Å². The molecule has 1 aromatic rings. The van der Waals surface area contributed by atoms with Crippen LogP contribution in [0.3, 0.4) is 0 Å². The van der Waals surface area contributed by atoms with Crippen molar-refractivity contribution in [3.05, 3.63) is 29.8 Å². The molecule has 21 heavy (non-hydrogen) atoms. The summed E-state index contributed by atoms with van der Waals surface area (Å²) >= 11 is -0.132. The predicted octanol–water partition coefficient (Wildman–Crippen LogP) is 3.06. The Morgan fingerprint density at radius 2 is 1.95 bits per heavy atom. The second-order valence-corrected chi connectivity index (χ2v) is 6.22. The van der Waals surface area contributed by atoms with Gasteiger partial charge < -0.3 is 10.6 Å². The Kier molecular flexibility index (Phi) is 5.16. The fraction of sp³-hybridized carbons (Fsp3) is 0.500. The summed E-state index contributed by atoms with van der Waals surface area (Å²) in [6.45, 7) is 2.21. The van der Waals surface area contributed by atoms with Gasteiger partial charge in [-0.2, -0.15) is 13.2 Å². The largest absolute Gasteiger partial charge is 0.446 e. The summed E-state index contributed by atoms with van der Waals surface area (Å²) in [7, 11) is 0. The highest BCUT2D eigenvalue weighted by Crippen LogP contribution is 2.36. The molecular formula is C14H17F3N2OS. The van der Waals surface area contributed by atoms with E-state index in [1.54, 1.807) is 19.1 Å². The molecule has 2 rings (SSSR count). The number of hydrogen-bond acceptors (Lipinski definition) is 3. The van der Waals surface area contributed by atoms with Gasteiger partial charge in [0.1, 0.15) is 0 Å². The molecule has 1 aromatic carbocycles. The molecule has 0 spiro atoms. The van der Waals surface area contributed by atoms with E-state index in [2.05, 4.69) is 10.6 Å². The SMILES string of the molecule is CC(NCc1ccc(SC(F)(F)F)cc1)C(=O)NC1CC1. The average Bonchev–Trinajstić information content (AvgIpc) is 3.19. The first kappa shape index (κ1) is 16.2. The highest BCUT2D eigenvalue weighted by Gasteiger charge is 2.29. The van der Waals surface area contributed by atoms with Crippen LogP contribution in [0.2, 0.25) is 0 Å². The number of rotatable bonds is 6. The van der Waals surface area contributed by atoms with Gasteiger partial charge in [0.25, 0.3) is 0 Å². The molecule has 7 heteroatoms. The average molecular weight is 318 g/mol. The van der Waals surface area contributed by atoms with Crippen molar-refractivity contribution < 1.29 is 18.0 Å². The minimum atomic E-state index is -4.27. The molecule has 0 aromatic heterocycles. The van der Waals surface area contributed by atoms with Crippen molar-refractivity contribution >= 4 is 17.7 Å². The van der Waals surface area contributed by atoms with Gasteiger partial charge in [0.15, 0.2) is 0 Å². The molecule has 0 radical (unpaired) electrons. The first-order valence-corrected chi connectivity index (χ1v) is 7.53. The Balaban J connectivity index is 1.78. The van der Waals surface area contributed by atoms with Gasteiger partial charge in [0.05, 0.1) is 6.04 Å². The van der Waals surface area contributed by atoms with E-state index in [9.17, 15) is 18.0 Å². The van der Waals surface area contributed by atoms with Crippen LogP contribution >= 0.6 is 11.8 Å². The van der Waals surface area contributed by atoms with E-state index in [-0.39, 0.29) is 28.6 Å². The highest BCUT2D eigenvalue weighted by atomic mass is 32.2. The predicted molar refractivity (Wildman–Crippen MR) is 75.8 cm³/mol. The summed E-state index contributed by atoms with van der Waals surface area (Å²) in [6, 6.07) is 6.13. The van der Waals surface area contributed by atoms with Crippen LogP contribution in [0.4, 0.5) is 13.2 Å². The lowest BCUT2D eigenvalue weighted by atomic mass is 10.2. The van der Waals surface area contributed by atoms with E-state index in [0.717, 1.165) is 18.4 Å². The van der Waals surface area contributed by atoms with Gasteiger partial charge in [-0.3, -0.25) is 4.79 Å². The molecular weight excluding hydrogens is 301 g/mol. The first-order chi connectivity index (χ1) is 9.83. The van der Waals surface area contributed by atoms with Crippen molar-refractivity contribution in [1.82, 2.24) is 10.6 Å². The van der Waals surface area contributed by atoms with Crippen LogP contribution in [0.5, 0.6) is 0 Å². The fourth-order valence-electron chi connectivity index (χ4n) is 1.73. The maximum absolute atomic E-state index is 12.2. The summed E-state index contributed by atoms with van der Waals surface area (Å²) < 4.78 is 36.6. The van der Waals surface area contributed by atoms with Gasteiger partial charge in [-0.05, 0) is 49.2 Å². The number of amides is 1. The summed E-state index contributed by atoms with van der Waals surface area (Å²) in [5.41, 5.74) is -3.43. The molecule has 0 aliphatic heterocycles. The van der Waals surface area contributed by atoms with E-state index in [0.29, 0.717) is 12.6 Å². The van der Waals surface area contributed by atoms with Gasteiger partial charge in [-0.1, -0.05) is 12.1 Å². The van der Waals surface area contributed by atoms with Gasteiger partial charge in [-0.15, -0.1) is 0 Å². The molecule has 0 heterocycles. The van der Waals surface area contributed by atoms with Crippen molar-refractivity contribution in [2.75, 3.05) is 0 Å². The first-order valence-electron chi connectivity index (χ1n) is 6.72. The number of nitrogens with one attached hydrogen (secondary N) is 2. The molecule has 1 atom stereocenters. The van der Waals surface area contributed by atoms with Crippen molar-refractivity contribution in [3.63, 3.8) is 0 Å². The van der Waals surface area contributed by atoms with Crippen molar-refractivity contribution in [1.29, 1.82) is 0 Å². The van der Waals surface area contributed by atoms with Gasteiger partial charge >= 0.3 is 5.51 Å². The van der Waals surface area contributed by atoms with Crippen molar-refractivity contribution in [2.24, 2.45) is 0 Å². The molecule has 0 saturated heterocycles. The third-order valence-corrected chi connectivity index (χ3v) is 3.83. The Labute approximate surface area is 125 Å². The maximum Gasteiger partial charge on any atom is 0.446 e. The summed E-state index contributed by atoms with van der Waals surface area (Å²) in [6.07, 6.45) is 2.08. The standard InChI is InChI=1S/C14H17F3N2OS/c1-9(13(20)19-11-4-5-11)18-8-10-2-6-12(7-3-10)21-14(15,16)17/h2-3,6-7,9,11,18H,4-5,8H2,1H3,(H,19,20). The highest BCUT2D eigenvalue weighted by molar-refractivity contribution is 8.00. The second kappa shape index (κ2) is 6.70. The number of carbonyl (C=O) groups is 1. The molecule has 1 aliphatic carbocycles. The van der Waals surface area contributed by atoms with Crippen LogP contribution < -0.4 is 10.6 Å². The van der Waals surface area contributed by atoms with E-state index in [1.807, 2.05) is 0 Å². The van der Waals surface area contributed by atoms with Crippen LogP contribution in [0.1, 0.15) is 25.3 Å². The van der Waals surface area contributed by atoms with Gasteiger partial charge in [-0.25, -0.2) is 0 Å². The zero-order valence-electron chi connectivity index (χ0n) is 11.5. The summed E-state index contributed by atoms with van der Waals surface area (Å²) in [5.74, 6) is -0.0400. The number of benzene rings is 1. The zero-order valence-corrected chi connectivity index (χ0v) is 12.4. The second-order valence-electron chi connectivity index (χ2n) is 5.08. The van der Waals surface area contributed by atoms with Crippen LogP contribution in [-0.2, 0) is 11.3 Å². The minimum absolute atomic E-state index is 0.0400. The molecule has 1 unspecified atom stereocenters. The Hall–Kier alpha value is -1.21. The fourth-order valence-corrected chi connectivity index (χ4v) is 2.27. The normalized spacial score (nSPS) is 16.6. The molecule has 1 fully saturated rings. The van der Waals surface area contributed by atoms with Crippen LogP contribution in [0.15, 0.2) is 29.2 Å². The van der Waals surface area contributed by atoms with Crippen LogP contribution in [0.25, 0.3) is 0 Å². The van der Waals surface area contributed by atoms with Gasteiger partial charge in [0.2, 0.25) is 5.91 Å². The molecule has 0 bridgehead atoms. The molecule has 1 saturated carbocycles. The smallest absolute Gasteiger partial charge is 0.352 e. The number of thioether (sulfide) groups is 1. The lowest BCUT2D eigenvalue weighted by Crippen LogP contribution is -2.42. The van der Waals surface area contributed by atoms with Gasteiger partial charge in [0, 0.05) is 17.5 Å². The zero-order chi connectivity index (χ0) is 15.5. The quantitative estimate of drug-likeness (QED) is 0.792. The monoisotopic (exact) mass is 318 g/mol. The van der Waals surface area contributed by atoms with Crippen LogP contribution in [-0.4, -0.2) is 23.5 Å². The topological polar surface area (TPSA) is 41.1 Å². The summed E-state index contributed by atoms with van der Waals surface area (Å²) in [4.78, 5) is 11.9. The number of halogens is 3. The van der Waals surface area contributed by atoms with E-state index < -0.39 is 5.51 Å². The maximum atomic E-state index is 12.2. The van der Waals surface area contributed by atoms with E-state index >= 15 is 0 Å². The lowest BCUT2D eigenvalue weighted by molar-refractivity contribution is -0.122. The Morgan fingerprint density at radius 3 is 2.48 bits per heavy atom. The molecule has 2 N–H and O–H groups in total. The summed E-state index contributed by atoms with van der Waals surface area (Å²) in [5, 5.41) is 5.95. The van der Waals surface area contributed by atoms with E-state index in [1.165, 1.54) is 12.1 Å². The number of carbonyl (C=O) groups excluding carboxylic acids is 1. The number of hydrogen-bond donors (Lipinski definition) is 2. The molecule has 1 aliphatic rings. The minimum Gasteiger partial charge on any atom is -0.352 e. The van der Waals surface area contributed by atoms with Crippen molar-refractivity contribution in [3.8, 4) is 0 Å².